The van der Waals surface area contributed by atoms with E-state index in [9.17, 15) is 19.7 Å². The smallest absolute Gasteiger partial charge is 0.293 e. The van der Waals surface area contributed by atoms with Gasteiger partial charge in [-0.15, -0.1) is 0 Å². The molecule has 152 valence electrons. The highest BCUT2D eigenvalue weighted by atomic mass is 16.6. The van der Waals surface area contributed by atoms with E-state index in [2.05, 4.69) is 5.32 Å². The van der Waals surface area contributed by atoms with Crippen LogP contribution in [0.2, 0.25) is 0 Å². The molecular weight excluding hydrogens is 372 g/mol. The molecule has 0 bridgehead atoms. The largest absolute Gasteiger partial charge is 0.366 e. The second-order valence-corrected chi connectivity index (χ2v) is 7.23. The monoisotopic (exact) mass is 396 g/mol. The second kappa shape index (κ2) is 8.72. The van der Waals surface area contributed by atoms with Gasteiger partial charge in [-0.1, -0.05) is 12.1 Å². The topological polar surface area (TPSA) is 95.8 Å². The first kappa shape index (κ1) is 20.3. The summed E-state index contributed by atoms with van der Waals surface area (Å²) in [5, 5.41) is 14.3. The van der Waals surface area contributed by atoms with E-state index in [-0.39, 0.29) is 29.6 Å². The average Bonchev–Trinajstić information content (AvgIpc) is 3.26. The minimum Gasteiger partial charge on any atom is -0.366 e. The number of rotatable bonds is 6. The summed E-state index contributed by atoms with van der Waals surface area (Å²) in [6.45, 7) is 1.84. The number of nitrogens with zero attached hydrogens (tertiary/aromatic N) is 3. The Hall–Kier alpha value is -3.42. The molecule has 0 unspecified atom stereocenters. The van der Waals surface area contributed by atoms with Crippen molar-refractivity contribution < 1.29 is 14.5 Å². The normalized spacial score (nSPS) is 13.2. The van der Waals surface area contributed by atoms with Gasteiger partial charge in [0.25, 0.3) is 17.5 Å². The maximum atomic E-state index is 12.5. The molecule has 1 aliphatic heterocycles. The highest BCUT2D eigenvalue weighted by molar-refractivity contribution is 5.96. The maximum absolute atomic E-state index is 12.5. The zero-order valence-electron chi connectivity index (χ0n) is 16.6. The van der Waals surface area contributed by atoms with Crippen molar-refractivity contribution >= 4 is 23.2 Å². The Bertz CT molecular complexity index is 919. The molecule has 8 nitrogen and oxygen atoms in total. The quantitative estimate of drug-likeness (QED) is 0.598. The molecule has 2 aromatic carbocycles. The fourth-order valence-corrected chi connectivity index (χ4v) is 3.34. The molecule has 0 atom stereocenters. The second-order valence-electron chi connectivity index (χ2n) is 7.23. The summed E-state index contributed by atoms with van der Waals surface area (Å²) in [6, 6.07) is 11.6. The number of benzene rings is 2. The van der Waals surface area contributed by atoms with Gasteiger partial charge in [0.1, 0.15) is 5.69 Å². The minimum absolute atomic E-state index is 0.0499. The Morgan fingerprint density at radius 2 is 1.69 bits per heavy atom. The van der Waals surface area contributed by atoms with E-state index < -0.39 is 4.92 Å². The number of hydrogen-bond acceptors (Lipinski definition) is 5. The van der Waals surface area contributed by atoms with Crippen LogP contribution >= 0.6 is 0 Å². The molecule has 1 heterocycles. The Kier molecular flexibility index (Phi) is 6.11. The van der Waals surface area contributed by atoms with Crippen molar-refractivity contribution in [2.45, 2.75) is 19.4 Å². The lowest BCUT2D eigenvalue weighted by Gasteiger charge is -2.17. The predicted molar refractivity (Wildman–Crippen MR) is 110 cm³/mol. The molecule has 2 aromatic rings. The summed E-state index contributed by atoms with van der Waals surface area (Å²) < 4.78 is 0. The SMILES string of the molecule is CN(C)C(=O)c1ccc(CNC(=O)c2ccc(N3CCCC3)c([N+](=O)[O-])c2)cc1. The van der Waals surface area contributed by atoms with Gasteiger partial charge in [-0.25, -0.2) is 0 Å². The molecule has 29 heavy (non-hydrogen) atoms. The molecule has 1 aliphatic rings. The van der Waals surface area contributed by atoms with Crippen LogP contribution in [0, 0.1) is 10.1 Å². The predicted octanol–water partition coefficient (Wildman–Crippen LogP) is 2.83. The third-order valence-electron chi connectivity index (χ3n) is 4.94. The first-order chi connectivity index (χ1) is 13.9. The van der Waals surface area contributed by atoms with E-state index in [1.165, 1.54) is 11.0 Å². The first-order valence-corrected chi connectivity index (χ1v) is 9.49. The summed E-state index contributed by atoms with van der Waals surface area (Å²) >= 11 is 0. The summed E-state index contributed by atoms with van der Waals surface area (Å²) in [4.78, 5) is 38.9. The van der Waals surface area contributed by atoms with Gasteiger partial charge in [0, 0.05) is 50.9 Å². The molecule has 0 saturated carbocycles. The van der Waals surface area contributed by atoms with E-state index in [0.29, 0.717) is 11.3 Å². The van der Waals surface area contributed by atoms with Crippen molar-refractivity contribution in [1.29, 1.82) is 0 Å². The summed E-state index contributed by atoms with van der Waals surface area (Å²) in [6.07, 6.45) is 2.02. The van der Waals surface area contributed by atoms with Crippen molar-refractivity contribution in [3.63, 3.8) is 0 Å². The number of carbonyl (C=O) groups excluding carboxylic acids is 2. The summed E-state index contributed by atoms with van der Waals surface area (Å²) in [7, 11) is 3.37. The third-order valence-corrected chi connectivity index (χ3v) is 4.94. The fraction of sp³-hybridized carbons (Fsp3) is 0.333. The van der Waals surface area contributed by atoms with E-state index in [1.54, 1.807) is 50.5 Å². The zero-order chi connectivity index (χ0) is 21.0. The van der Waals surface area contributed by atoms with Gasteiger partial charge in [0.05, 0.1) is 4.92 Å². The van der Waals surface area contributed by atoms with Gasteiger partial charge in [0.2, 0.25) is 0 Å². The molecule has 8 heteroatoms. The Labute approximate surface area is 169 Å². The molecule has 0 aliphatic carbocycles. The minimum atomic E-state index is -0.440. The molecule has 0 aromatic heterocycles. The Balaban J connectivity index is 1.68. The lowest BCUT2D eigenvalue weighted by atomic mass is 10.1. The number of carbonyl (C=O) groups is 2. The van der Waals surface area contributed by atoms with Crippen molar-refractivity contribution in [1.82, 2.24) is 10.2 Å². The molecule has 0 spiro atoms. The maximum Gasteiger partial charge on any atom is 0.293 e. The van der Waals surface area contributed by atoms with Crippen molar-refractivity contribution in [3.05, 3.63) is 69.3 Å². The number of nitro groups is 1. The van der Waals surface area contributed by atoms with Gasteiger partial charge in [-0.2, -0.15) is 0 Å². The van der Waals surface area contributed by atoms with E-state index in [4.69, 9.17) is 0 Å². The van der Waals surface area contributed by atoms with Crippen LogP contribution in [-0.2, 0) is 6.54 Å². The summed E-state index contributed by atoms with van der Waals surface area (Å²) in [5.41, 5.74) is 2.16. The highest BCUT2D eigenvalue weighted by Gasteiger charge is 2.23. The molecule has 1 fully saturated rings. The van der Waals surface area contributed by atoms with Crippen LogP contribution in [0.4, 0.5) is 11.4 Å². The average molecular weight is 396 g/mol. The summed E-state index contributed by atoms with van der Waals surface area (Å²) in [5.74, 6) is -0.472. The molecular formula is C21H24N4O4. The van der Waals surface area contributed by atoms with Gasteiger partial charge in [-0.05, 0) is 42.7 Å². The third kappa shape index (κ3) is 4.71. The Morgan fingerprint density at radius 1 is 1.07 bits per heavy atom. The molecule has 1 N–H and O–H groups in total. The fourth-order valence-electron chi connectivity index (χ4n) is 3.34. The molecule has 2 amide bonds. The van der Waals surface area contributed by atoms with Crippen LogP contribution < -0.4 is 10.2 Å². The lowest BCUT2D eigenvalue weighted by Crippen LogP contribution is -2.24. The van der Waals surface area contributed by atoms with Crippen molar-refractivity contribution in [3.8, 4) is 0 Å². The number of nitro benzene ring substituents is 1. The van der Waals surface area contributed by atoms with Gasteiger partial charge in [0.15, 0.2) is 0 Å². The lowest BCUT2D eigenvalue weighted by molar-refractivity contribution is -0.384. The van der Waals surface area contributed by atoms with Crippen molar-refractivity contribution in [2.75, 3.05) is 32.1 Å². The number of hydrogen-bond donors (Lipinski definition) is 1. The number of nitrogens with one attached hydrogen (secondary N) is 1. The van der Waals surface area contributed by atoms with Crippen LogP contribution in [0.1, 0.15) is 39.1 Å². The first-order valence-electron chi connectivity index (χ1n) is 9.49. The van der Waals surface area contributed by atoms with Crippen LogP contribution in [0.5, 0.6) is 0 Å². The van der Waals surface area contributed by atoms with Gasteiger partial charge in [-0.3, -0.25) is 19.7 Å². The van der Waals surface area contributed by atoms with Crippen LogP contribution in [0.3, 0.4) is 0 Å². The van der Waals surface area contributed by atoms with Crippen LogP contribution in [-0.4, -0.2) is 48.8 Å². The number of anilines is 1. The van der Waals surface area contributed by atoms with Gasteiger partial charge >= 0.3 is 0 Å². The highest BCUT2D eigenvalue weighted by Crippen LogP contribution is 2.31. The van der Waals surface area contributed by atoms with Gasteiger partial charge < -0.3 is 15.1 Å². The molecule has 1 saturated heterocycles. The zero-order valence-corrected chi connectivity index (χ0v) is 16.6. The van der Waals surface area contributed by atoms with Crippen LogP contribution in [0.25, 0.3) is 0 Å². The number of amides is 2. The Morgan fingerprint density at radius 3 is 2.28 bits per heavy atom. The standard InChI is InChI=1S/C21H24N4O4/c1-23(2)21(27)16-7-5-15(6-8-16)14-22-20(26)17-9-10-18(19(13-17)25(28)29)24-11-3-4-12-24/h5-10,13H,3-4,11-12,14H2,1-2H3,(H,22,26). The van der Waals surface area contributed by atoms with E-state index in [0.717, 1.165) is 31.5 Å². The van der Waals surface area contributed by atoms with E-state index in [1.807, 2.05) is 4.90 Å². The molecule has 3 rings (SSSR count). The molecule has 0 radical (unpaired) electrons. The van der Waals surface area contributed by atoms with Crippen molar-refractivity contribution in [2.24, 2.45) is 0 Å². The van der Waals surface area contributed by atoms with Crippen LogP contribution in [0.15, 0.2) is 42.5 Å². The van der Waals surface area contributed by atoms with E-state index >= 15 is 0 Å².